The van der Waals surface area contributed by atoms with Gasteiger partial charge >= 0.3 is 35.8 Å². The van der Waals surface area contributed by atoms with Crippen LogP contribution < -0.4 is 0 Å². The van der Waals surface area contributed by atoms with Crippen molar-refractivity contribution in [1.82, 2.24) is 0 Å². The number of ether oxygens (including phenoxy) is 4. The minimum atomic E-state index is -2.24. The summed E-state index contributed by atoms with van der Waals surface area (Å²) in [5.74, 6) is -8.05. The average molecular weight is 378 g/mol. The number of carboxylic acid groups (broad SMARTS) is 2. The van der Waals surface area contributed by atoms with Crippen LogP contribution in [0.1, 0.15) is 27.7 Å². The molecular formula is C14H18O12. The summed E-state index contributed by atoms with van der Waals surface area (Å²) in [6.07, 6.45) is -8.70. The number of hydrogen-bond acceptors (Lipinski definition) is 10. The molecule has 0 bridgehead atoms. The zero-order chi connectivity index (χ0) is 20.6. The van der Waals surface area contributed by atoms with E-state index >= 15 is 0 Å². The van der Waals surface area contributed by atoms with E-state index in [4.69, 9.17) is 9.47 Å². The summed E-state index contributed by atoms with van der Waals surface area (Å²) in [4.78, 5) is 67.7. The molecule has 0 saturated heterocycles. The second-order valence-corrected chi connectivity index (χ2v) is 4.88. The van der Waals surface area contributed by atoms with Crippen LogP contribution in [0.3, 0.4) is 0 Å². The molecule has 0 heterocycles. The molecule has 0 aromatic carbocycles. The molecule has 0 amide bonds. The Bertz CT molecular complexity index is 543. The maximum atomic E-state index is 11.4. The fourth-order valence-electron chi connectivity index (χ4n) is 1.86. The lowest BCUT2D eigenvalue weighted by Crippen LogP contribution is -2.56. The highest BCUT2D eigenvalue weighted by Crippen LogP contribution is 2.20. The van der Waals surface area contributed by atoms with Gasteiger partial charge in [0.1, 0.15) is 0 Å². The average Bonchev–Trinajstić information content (AvgIpc) is 2.44. The number of hydrogen-bond donors (Lipinski definition) is 2. The SMILES string of the molecule is CC(=O)O[C@H]([C@@H](OC(C)=O)[C@H](OC(C)=O)C(=O)O)[C@H](OC(C)=O)C(=O)O. The van der Waals surface area contributed by atoms with Crippen LogP contribution in [0.5, 0.6) is 0 Å². The van der Waals surface area contributed by atoms with Crippen LogP contribution in [0.15, 0.2) is 0 Å². The molecule has 4 atom stereocenters. The Kier molecular flexibility index (Phi) is 8.74. The van der Waals surface area contributed by atoms with Gasteiger partial charge in [-0.3, -0.25) is 19.2 Å². The van der Waals surface area contributed by atoms with Crippen molar-refractivity contribution in [3.63, 3.8) is 0 Å². The summed E-state index contributed by atoms with van der Waals surface area (Å²) >= 11 is 0. The summed E-state index contributed by atoms with van der Waals surface area (Å²) in [5, 5.41) is 18.5. The van der Waals surface area contributed by atoms with E-state index in [1.54, 1.807) is 0 Å². The molecule has 0 fully saturated rings. The first-order chi connectivity index (χ1) is 11.9. The smallest absolute Gasteiger partial charge is 0.349 e. The molecule has 0 unspecified atom stereocenters. The molecule has 2 N–H and O–H groups in total. The highest BCUT2D eigenvalue weighted by atomic mass is 16.6. The van der Waals surface area contributed by atoms with E-state index in [1.807, 2.05) is 0 Å². The van der Waals surface area contributed by atoms with Gasteiger partial charge < -0.3 is 29.2 Å². The van der Waals surface area contributed by atoms with Gasteiger partial charge in [0.15, 0.2) is 12.2 Å². The molecule has 0 aliphatic carbocycles. The van der Waals surface area contributed by atoms with Crippen molar-refractivity contribution in [2.24, 2.45) is 0 Å². The third-order valence-corrected chi connectivity index (χ3v) is 2.60. The van der Waals surface area contributed by atoms with Crippen molar-refractivity contribution in [2.45, 2.75) is 52.1 Å². The predicted octanol–water partition coefficient (Wildman–Crippen LogP) is -1.12. The zero-order valence-corrected chi connectivity index (χ0v) is 14.3. The van der Waals surface area contributed by atoms with E-state index < -0.39 is 60.2 Å². The highest BCUT2D eigenvalue weighted by molar-refractivity contribution is 5.81. The molecule has 0 spiro atoms. The van der Waals surface area contributed by atoms with Gasteiger partial charge in [-0.05, 0) is 0 Å². The van der Waals surface area contributed by atoms with Crippen molar-refractivity contribution in [1.29, 1.82) is 0 Å². The predicted molar refractivity (Wildman–Crippen MR) is 77.5 cm³/mol. The van der Waals surface area contributed by atoms with Crippen LogP contribution >= 0.6 is 0 Å². The van der Waals surface area contributed by atoms with Crippen molar-refractivity contribution < 1.29 is 57.9 Å². The van der Waals surface area contributed by atoms with Gasteiger partial charge in [-0.15, -0.1) is 0 Å². The molecule has 12 nitrogen and oxygen atoms in total. The first-order valence-electron chi connectivity index (χ1n) is 7.01. The first-order valence-corrected chi connectivity index (χ1v) is 7.01. The first kappa shape index (κ1) is 22.8. The summed E-state index contributed by atoms with van der Waals surface area (Å²) in [7, 11) is 0. The van der Waals surface area contributed by atoms with E-state index in [-0.39, 0.29) is 0 Å². The Balaban J connectivity index is 6.20. The van der Waals surface area contributed by atoms with Crippen LogP contribution in [0, 0.1) is 0 Å². The van der Waals surface area contributed by atoms with Crippen molar-refractivity contribution in [3.05, 3.63) is 0 Å². The Labute approximate surface area is 146 Å². The number of carbonyl (C=O) groups is 6. The van der Waals surface area contributed by atoms with Crippen molar-refractivity contribution >= 4 is 35.8 Å². The molecule has 0 aromatic rings. The molecule has 12 heteroatoms. The molecular weight excluding hydrogens is 360 g/mol. The monoisotopic (exact) mass is 378 g/mol. The Morgan fingerprint density at radius 3 is 0.923 bits per heavy atom. The molecule has 0 rings (SSSR count). The van der Waals surface area contributed by atoms with Crippen LogP contribution in [0.4, 0.5) is 0 Å². The largest absolute Gasteiger partial charge is 0.478 e. The number of esters is 4. The van der Waals surface area contributed by atoms with E-state index in [1.165, 1.54) is 0 Å². The zero-order valence-electron chi connectivity index (χ0n) is 14.3. The number of rotatable bonds is 9. The Morgan fingerprint density at radius 2 is 0.769 bits per heavy atom. The van der Waals surface area contributed by atoms with Crippen molar-refractivity contribution in [2.75, 3.05) is 0 Å². The molecule has 26 heavy (non-hydrogen) atoms. The minimum absolute atomic E-state index is 0.850. The van der Waals surface area contributed by atoms with Crippen molar-refractivity contribution in [3.8, 4) is 0 Å². The lowest BCUT2D eigenvalue weighted by Gasteiger charge is -2.32. The Morgan fingerprint density at radius 1 is 0.538 bits per heavy atom. The van der Waals surface area contributed by atoms with Crippen LogP contribution in [-0.4, -0.2) is 70.4 Å². The second kappa shape index (κ2) is 9.96. The van der Waals surface area contributed by atoms with Gasteiger partial charge in [-0.25, -0.2) is 9.59 Å². The fourth-order valence-corrected chi connectivity index (χ4v) is 1.86. The maximum absolute atomic E-state index is 11.4. The molecule has 0 aromatic heterocycles. The minimum Gasteiger partial charge on any atom is -0.478 e. The number of aliphatic carboxylic acids is 2. The topological polar surface area (TPSA) is 180 Å². The number of carbonyl (C=O) groups excluding carboxylic acids is 4. The highest BCUT2D eigenvalue weighted by Gasteiger charge is 2.49. The summed E-state index contributed by atoms with van der Waals surface area (Å²) in [6, 6.07) is 0. The summed E-state index contributed by atoms with van der Waals surface area (Å²) in [6.45, 7) is 3.41. The van der Waals surface area contributed by atoms with E-state index in [0.717, 1.165) is 27.7 Å². The summed E-state index contributed by atoms with van der Waals surface area (Å²) < 4.78 is 18.5. The molecule has 0 saturated carbocycles. The molecule has 0 radical (unpaired) electrons. The normalized spacial score (nSPS) is 14.8. The van der Waals surface area contributed by atoms with Gasteiger partial charge in [0.05, 0.1) is 0 Å². The fraction of sp³-hybridized carbons (Fsp3) is 0.571. The van der Waals surface area contributed by atoms with Crippen LogP contribution in [0.2, 0.25) is 0 Å². The third kappa shape index (κ3) is 7.59. The standard InChI is InChI=1S/C14H18O12/c1-5(15)23-9(11(13(19)20)25-7(3)17)10(24-6(2)16)12(14(21)22)26-8(4)18/h9-12H,1-4H3,(H,19,20)(H,21,22)/t9-,10-,11+,12+/m1/s1. The third-order valence-electron chi connectivity index (χ3n) is 2.60. The van der Waals surface area contributed by atoms with Gasteiger partial charge in [0.25, 0.3) is 0 Å². The van der Waals surface area contributed by atoms with Crippen LogP contribution in [-0.2, 0) is 47.7 Å². The molecule has 146 valence electrons. The Hall–Kier alpha value is -3.18. The lowest BCUT2D eigenvalue weighted by atomic mass is 10.0. The van der Waals surface area contributed by atoms with Gasteiger partial charge in [0, 0.05) is 27.7 Å². The second-order valence-electron chi connectivity index (χ2n) is 4.88. The van der Waals surface area contributed by atoms with Gasteiger partial charge in [-0.2, -0.15) is 0 Å². The quantitative estimate of drug-likeness (QED) is 0.365. The van der Waals surface area contributed by atoms with E-state index in [2.05, 4.69) is 9.47 Å². The van der Waals surface area contributed by atoms with E-state index in [0.29, 0.717) is 0 Å². The van der Waals surface area contributed by atoms with E-state index in [9.17, 15) is 39.0 Å². The van der Waals surface area contributed by atoms with Gasteiger partial charge in [-0.1, -0.05) is 0 Å². The van der Waals surface area contributed by atoms with Gasteiger partial charge in [0.2, 0.25) is 12.2 Å². The molecule has 0 aliphatic heterocycles. The summed E-state index contributed by atoms with van der Waals surface area (Å²) in [5.41, 5.74) is 0. The lowest BCUT2D eigenvalue weighted by molar-refractivity contribution is -0.206. The number of carboxylic acids is 2. The van der Waals surface area contributed by atoms with Crippen LogP contribution in [0.25, 0.3) is 0 Å². The molecule has 0 aliphatic rings. The maximum Gasteiger partial charge on any atom is 0.349 e.